The zero-order valence-electron chi connectivity index (χ0n) is 13.2. The molecule has 2 unspecified atom stereocenters. The SMILES string of the molecule is CCOc1cc2c(cc1OC)/C(=C\C#N)NC1CCCCC21. The molecule has 1 aromatic rings. The van der Waals surface area contributed by atoms with Crippen LogP contribution in [-0.4, -0.2) is 19.8 Å². The molecule has 1 saturated carbocycles. The summed E-state index contributed by atoms with van der Waals surface area (Å²) in [6.45, 7) is 2.59. The number of nitriles is 1. The van der Waals surface area contributed by atoms with E-state index in [9.17, 15) is 0 Å². The number of allylic oxidation sites excluding steroid dienone is 1. The summed E-state index contributed by atoms with van der Waals surface area (Å²) < 4.78 is 11.2. The normalized spacial score (nSPS) is 24.7. The van der Waals surface area contributed by atoms with Gasteiger partial charge in [-0.15, -0.1) is 0 Å². The molecule has 1 aromatic carbocycles. The van der Waals surface area contributed by atoms with Crippen LogP contribution in [0.3, 0.4) is 0 Å². The average Bonchev–Trinajstić information content (AvgIpc) is 2.55. The van der Waals surface area contributed by atoms with Crippen LogP contribution in [0.2, 0.25) is 0 Å². The van der Waals surface area contributed by atoms with E-state index in [2.05, 4.69) is 17.5 Å². The monoisotopic (exact) mass is 298 g/mol. The molecule has 3 rings (SSSR count). The fourth-order valence-electron chi connectivity index (χ4n) is 3.68. The molecule has 1 aliphatic carbocycles. The smallest absolute Gasteiger partial charge is 0.161 e. The molecule has 1 fully saturated rings. The van der Waals surface area contributed by atoms with E-state index >= 15 is 0 Å². The summed E-state index contributed by atoms with van der Waals surface area (Å²) in [6.07, 6.45) is 6.45. The van der Waals surface area contributed by atoms with Crippen molar-refractivity contribution in [2.24, 2.45) is 0 Å². The lowest BCUT2D eigenvalue weighted by Crippen LogP contribution is -2.40. The molecule has 0 amide bonds. The van der Waals surface area contributed by atoms with E-state index < -0.39 is 0 Å². The standard InChI is InChI=1S/C18H22N2O2/c1-3-22-18-10-13-12-6-4-5-7-15(12)20-16(8-9-19)14(13)11-17(18)21-2/h8,10-12,15,20H,3-7H2,1-2H3/b16-8+. The lowest BCUT2D eigenvalue weighted by molar-refractivity contribution is 0.306. The van der Waals surface area contributed by atoms with Crippen molar-refractivity contribution in [1.29, 1.82) is 5.26 Å². The van der Waals surface area contributed by atoms with Crippen molar-refractivity contribution in [2.45, 2.75) is 44.6 Å². The maximum atomic E-state index is 9.08. The summed E-state index contributed by atoms with van der Waals surface area (Å²) in [4.78, 5) is 0. The summed E-state index contributed by atoms with van der Waals surface area (Å²) in [5.41, 5.74) is 3.27. The highest BCUT2D eigenvalue weighted by molar-refractivity contribution is 5.74. The zero-order chi connectivity index (χ0) is 15.5. The van der Waals surface area contributed by atoms with Crippen LogP contribution in [0.15, 0.2) is 18.2 Å². The van der Waals surface area contributed by atoms with Gasteiger partial charge in [-0.2, -0.15) is 5.26 Å². The first-order valence-electron chi connectivity index (χ1n) is 8.00. The molecule has 4 heteroatoms. The number of hydrogen-bond donors (Lipinski definition) is 1. The minimum Gasteiger partial charge on any atom is -0.493 e. The van der Waals surface area contributed by atoms with Crippen LogP contribution < -0.4 is 14.8 Å². The van der Waals surface area contributed by atoms with Crippen molar-refractivity contribution >= 4 is 5.70 Å². The van der Waals surface area contributed by atoms with E-state index in [0.29, 0.717) is 18.6 Å². The van der Waals surface area contributed by atoms with E-state index in [1.54, 1.807) is 13.2 Å². The van der Waals surface area contributed by atoms with Crippen LogP contribution in [0.25, 0.3) is 5.70 Å². The summed E-state index contributed by atoms with van der Waals surface area (Å²) in [5.74, 6) is 2.01. The average molecular weight is 298 g/mol. The maximum absolute atomic E-state index is 9.08. The third kappa shape index (κ3) is 2.52. The number of benzene rings is 1. The highest BCUT2D eigenvalue weighted by atomic mass is 16.5. The Bertz CT molecular complexity index is 631. The van der Waals surface area contributed by atoms with Gasteiger partial charge in [-0.3, -0.25) is 0 Å². The van der Waals surface area contributed by atoms with Crippen molar-refractivity contribution < 1.29 is 9.47 Å². The fourth-order valence-corrected chi connectivity index (χ4v) is 3.68. The van der Waals surface area contributed by atoms with Crippen LogP contribution >= 0.6 is 0 Å². The molecule has 1 heterocycles. The second-order valence-electron chi connectivity index (χ2n) is 5.85. The van der Waals surface area contributed by atoms with Gasteiger partial charge in [0.1, 0.15) is 0 Å². The minimum absolute atomic E-state index is 0.420. The van der Waals surface area contributed by atoms with Crippen molar-refractivity contribution in [3.63, 3.8) is 0 Å². The maximum Gasteiger partial charge on any atom is 0.161 e. The summed E-state index contributed by atoms with van der Waals surface area (Å²) in [6, 6.07) is 6.69. The third-order valence-corrected chi connectivity index (χ3v) is 4.64. The van der Waals surface area contributed by atoms with E-state index in [-0.39, 0.29) is 0 Å². The molecular formula is C18H22N2O2. The highest BCUT2D eigenvalue weighted by Crippen LogP contribution is 2.45. The quantitative estimate of drug-likeness (QED) is 0.866. The molecule has 1 aliphatic heterocycles. The van der Waals surface area contributed by atoms with Gasteiger partial charge in [0.2, 0.25) is 0 Å². The second kappa shape index (κ2) is 6.31. The Labute approximate surface area is 131 Å². The minimum atomic E-state index is 0.420. The van der Waals surface area contributed by atoms with Crippen molar-refractivity contribution in [3.8, 4) is 17.6 Å². The Hall–Kier alpha value is -2.15. The van der Waals surface area contributed by atoms with Gasteiger partial charge < -0.3 is 14.8 Å². The van der Waals surface area contributed by atoms with Gasteiger partial charge in [-0.05, 0) is 37.5 Å². The second-order valence-corrected chi connectivity index (χ2v) is 5.85. The molecule has 2 aliphatic rings. The summed E-state index contributed by atoms with van der Waals surface area (Å²) in [5, 5.41) is 12.6. The molecule has 22 heavy (non-hydrogen) atoms. The van der Waals surface area contributed by atoms with E-state index in [0.717, 1.165) is 29.2 Å². The zero-order valence-corrected chi connectivity index (χ0v) is 13.2. The predicted molar refractivity (Wildman–Crippen MR) is 85.9 cm³/mol. The van der Waals surface area contributed by atoms with Gasteiger partial charge in [0.15, 0.2) is 11.5 Å². The Kier molecular flexibility index (Phi) is 4.24. The lowest BCUT2D eigenvalue weighted by Gasteiger charge is -2.39. The third-order valence-electron chi connectivity index (χ3n) is 4.64. The van der Waals surface area contributed by atoms with Crippen LogP contribution in [0.4, 0.5) is 0 Å². The molecule has 1 N–H and O–H groups in total. The Morgan fingerprint density at radius 3 is 2.86 bits per heavy atom. The number of rotatable bonds is 3. The molecule has 0 bridgehead atoms. The lowest BCUT2D eigenvalue weighted by atomic mass is 9.75. The number of ether oxygens (including phenoxy) is 2. The topological polar surface area (TPSA) is 54.3 Å². The first-order chi connectivity index (χ1) is 10.8. The highest BCUT2D eigenvalue weighted by Gasteiger charge is 2.34. The van der Waals surface area contributed by atoms with E-state index in [4.69, 9.17) is 14.7 Å². The largest absolute Gasteiger partial charge is 0.493 e. The fraction of sp³-hybridized carbons (Fsp3) is 0.500. The first kappa shape index (κ1) is 14.8. The number of nitrogens with zero attached hydrogens (tertiary/aromatic N) is 1. The van der Waals surface area contributed by atoms with Gasteiger partial charge in [0.25, 0.3) is 0 Å². The van der Waals surface area contributed by atoms with E-state index in [1.165, 1.54) is 24.8 Å². The molecule has 4 nitrogen and oxygen atoms in total. The van der Waals surface area contributed by atoms with E-state index in [1.807, 2.05) is 13.0 Å². The van der Waals surface area contributed by atoms with Gasteiger partial charge >= 0.3 is 0 Å². The Morgan fingerprint density at radius 1 is 1.32 bits per heavy atom. The van der Waals surface area contributed by atoms with Crippen molar-refractivity contribution in [1.82, 2.24) is 5.32 Å². The van der Waals surface area contributed by atoms with Crippen molar-refractivity contribution in [2.75, 3.05) is 13.7 Å². The first-order valence-corrected chi connectivity index (χ1v) is 8.00. The van der Waals surface area contributed by atoms with Gasteiger partial charge in [-0.1, -0.05) is 12.8 Å². The van der Waals surface area contributed by atoms with Crippen LogP contribution in [0, 0.1) is 11.3 Å². The van der Waals surface area contributed by atoms with Gasteiger partial charge in [0.05, 0.1) is 25.5 Å². The van der Waals surface area contributed by atoms with Crippen LogP contribution in [0.5, 0.6) is 11.5 Å². The number of methoxy groups -OCH3 is 1. The van der Waals surface area contributed by atoms with Crippen molar-refractivity contribution in [3.05, 3.63) is 29.3 Å². The molecule has 2 atom stereocenters. The molecule has 116 valence electrons. The molecule has 0 aromatic heterocycles. The summed E-state index contributed by atoms with van der Waals surface area (Å²) >= 11 is 0. The van der Waals surface area contributed by atoms with Crippen LogP contribution in [0.1, 0.15) is 49.7 Å². The predicted octanol–water partition coefficient (Wildman–Crippen LogP) is 3.59. The molecule has 0 spiro atoms. The molecule has 0 radical (unpaired) electrons. The Morgan fingerprint density at radius 2 is 2.14 bits per heavy atom. The van der Waals surface area contributed by atoms with Crippen LogP contribution in [-0.2, 0) is 0 Å². The molecular weight excluding hydrogens is 276 g/mol. The number of nitrogens with one attached hydrogen (secondary N) is 1. The number of hydrogen-bond acceptors (Lipinski definition) is 4. The Balaban J connectivity index is 2.13. The number of fused-ring (bicyclic) bond motifs is 3. The molecule has 0 saturated heterocycles. The summed E-state index contributed by atoms with van der Waals surface area (Å²) in [7, 11) is 1.65. The van der Waals surface area contributed by atoms with Gasteiger partial charge in [-0.25, -0.2) is 0 Å². The van der Waals surface area contributed by atoms with Gasteiger partial charge in [0, 0.05) is 23.6 Å².